The maximum Gasteiger partial charge on any atom is 0.0681 e. The van der Waals surface area contributed by atoms with Gasteiger partial charge in [-0.15, -0.1) is 5.73 Å². The van der Waals surface area contributed by atoms with E-state index in [0.29, 0.717) is 0 Å². The van der Waals surface area contributed by atoms with Gasteiger partial charge in [0.25, 0.3) is 0 Å². The zero-order valence-corrected chi connectivity index (χ0v) is 3.89. The standard InChI is InChI=1S/C5H6N2/c1-2-4-7-5-3-6/h3-6H,1H2. The monoisotopic (exact) mass is 94.1 g/mol. The van der Waals surface area contributed by atoms with Crippen LogP contribution in [0.15, 0.2) is 23.5 Å². The van der Waals surface area contributed by atoms with Crippen molar-refractivity contribution < 1.29 is 0 Å². The zero-order chi connectivity index (χ0) is 5.54. The van der Waals surface area contributed by atoms with Gasteiger partial charge in [-0.3, -0.25) is 4.99 Å². The highest BCUT2D eigenvalue weighted by molar-refractivity contribution is 6.14. The molecule has 1 N–H and O–H groups in total. The summed E-state index contributed by atoms with van der Waals surface area (Å²) in [5.74, 6) is 0. The molecule has 0 aromatic heterocycles. The molecule has 0 bridgehead atoms. The molecule has 0 aliphatic heterocycles. The van der Waals surface area contributed by atoms with Crippen molar-refractivity contribution in [1.29, 1.82) is 5.41 Å². The van der Waals surface area contributed by atoms with Crippen LogP contribution >= 0.6 is 0 Å². The van der Waals surface area contributed by atoms with E-state index < -0.39 is 0 Å². The summed E-state index contributed by atoms with van der Waals surface area (Å²) < 4.78 is 0. The third-order valence-corrected chi connectivity index (χ3v) is 0.326. The van der Waals surface area contributed by atoms with Crippen molar-refractivity contribution >= 4 is 12.4 Å². The zero-order valence-electron chi connectivity index (χ0n) is 3.89. The summed E-state index contributed by atoms with van der Waals surface area (Å²) in [5, 5.41) is 6.44. The van der Waals surface area contributed by atoms with E-state index in [1.807, 2.05) is 0 Å². The Kier molecular flexibility index (Phi) is 4.07. The van der Waals surface area contributed by atoms with E-state index in [1.54, 1.807) is 0 Å². The summed E-state index contributed by atoms with van der Waals surface area (Å²) in [6.07, 6.45) is 3.83. The Bertz CT molecular complexity index is 118. The molecule has 2 nitrogen and oxygen atoms in total. The molecular weight excluding hydrogens is 88.1 g/mol. The minimum Gasteiger partial charge on any atom is -0.307 e. The van der Waals surface area contributed by atoms with Crippen LogP contribution in [-0.4, -0.2) is 12.4 Å². The van der Waals surface area contributed by atoms with Gasteiger partial charge in [0.05, 0.1) is 6.20 Å². The molecule has 0 saturated heterocycles. The summed E-state index contributed by atoms with van der Waals surface area (Å²) in [7, 11) is 0. The predicted molar refractivity (Wildman–Crippen MR) is 31.0 cm³/mol. The van der Waals surface area contributed by atoms with Gasteiger partial charge in [0, 0.05) is 12.4 Å². The first kappa shape index (κ1) is 5.86. The highest BCUT2D eigenvalue weighted by atomic mass is 14.7. The van der Waals surface area contributed by atoms with Crippen LogP contribution in [0.5, 0.6) is 0 Å². The van der Waals surface area contributed by atoms with Crippen LogP contribution in [0, 0.1) is 5.41 Å². The van der Waals surface area contributed by atoms with E-state index in [2.05, 4.69) is 17.3 Å². The smallest absolute Gasteiger partial charge is 0.0681 e. The molecule has 0 rings (SSSR count). The van der Waals surface area contributed by atoms with Crippen LogP contribution in [-0.2, 0) is 0 Å². The lowest BCUT2D eigenvalue weighted by Gasteiger charge is -1.62. The lowest BCUT2D eigenvalue weighted by molar-refractivity contribution is 1.57. The van der Waals surface area contributed by atoms with E-state index in [1.165, 1.54) is 12.4 Å². The molecule has 0 aromatic carbocycles. The molecular formula is C5H6N2. The lowest BCUT2D eigenvalue weighted by Crippen LogP contribution is -1.64. The first-order chi connectivity index (χ1) is 3.41. The molecule has 0 amide bonds. The molecule has 0 atom stereocenters. The molecule has 0 fully saturated rings. The maximum atomic E-state index is 6.44. The summed E-state index contributed by atoms with van der Waals surface area (Å²) >= 11 is 0. The first-order valence-corrected chi connectivity index (χ1v) is 1.78. The Balaban J connectivity index is 3.47. The minimum absolute atomic E-state index is 1.09. The van der Waals surface area contributed by atoms with Crippen molar-refractivity contribution in [2.75, 3.05) is 0 Å². The van der Waals surface area contributed by atoms with Gasteiger partial charge in [0.15, 0.2) is 0 Å². The number of aliphatic imine (C=N–C) groups is 1. The fraction of sp³-hybridized carbons (Fsp3) is 0. The van der Waals surface area contributed by atoms with Gasteiger partial charge in [0.2, 0.25) is 0 Å². The fourth-order valence-corrected chi connectivity index (χ4v) is 0.139. The number of hydrogen-bond acceptors (Lipinski definition) is 2. The molecule has 0 saturated carbocycles. The average Bonchev–Trinajstić information content (AvgIpc) is 1.69. The normalized spacial score (nSPS) is 8.00. The van der Waals surface area contributed by atoms with Crippen molar-refractivity contribution in [3.05, 3.63) is 18.5 Å². The first-order valence-electron chi connectivity index (χ1n) is 1.78. The summed E-state index contributed by atoms with van der Waals surface area (Å²) in [6.45, 7) is 3.26. The number of nitrogens with one attached hydrogen (secondary N) is 1. The van der Waals surface area contributed by atoms with E-state index in [9.17, 15) is 0 Å². The number of rotatable bonds is 2. The van der Waals surface area contributed by atoms with Crippen LogP contribution in [0.25, 0.3) is 0 Å². The Morgan fingerprint density at radius 1 is 1.71 bits per heavy atom. The summed E-state index contributed by atoms with van der Waals surface area (Å²) in [6, 6.07) is 0. The van der Waals surface area contributed by atoms with Crippen LogP contribution in [0.2, 0.25) is 0 Å². The maximum absolute atomic E-state index is 6.44. The van der Waals surface area contributed by atoms with E-state index >= 15 is 0 Å². The van der Waals surface area contributed by atoms with Gasteiger partial charge < -0.3 is 5.41 Å². The molecule has 0 unspecified atom stereocenters. The van der Waals surface area contributed by atoms with Crippen molar-refractivity contribution in [3.8, 4) is 0 Å². The van der Waals surface area contributed by atoms with Gasteiger partial charge in [-0.25, -0.2) is 0 Å². The highest BCUT2D eigenvalue weighted by Crippen LogP contribution is 1.60. The van der Waals surface area contributed by atoms with Gasteiger partial charge in [0.1, 0.15) is 0 Å². The second-order valence-electron chi connectivity index (χ2n) is 0.798. The average molecular weight is 94.1 g/mol. The molecule has 0 aliphatic carbocycles. The van der Waals surface area contributed by atoms with Crippen molar-refractivity contribution in [3.63, 3.8) is 0 Å². The van der Waals surface area contributed by atoms with Crippen LogP contribution in [0.1, 0.15) is 0 Å². The highest BCUT2D eigenvalue weighted by Gasteiger charge is 1.51. The third-order valence-electron chi connectivity index (χ3n) is 0.326. The molecule has 36 valence electrons. The molecule has 7 heavy (non-hydrogen) atoms. The minimum atomic E-state index is 1.09. The van der Waals surface area contributed by atoms with Crippen molar-refractivity contribution in [1.82, 2.24) is 0 Å². The molecule has 0 heterocycles. The van der Waals surface area contributed by atoms with Crippen LogP contribution in [0.4, 0.5) is 0 Å². The lowest BCUT2D eigenvalue weighted by atomic mass is 10.8. The SMILES string of the molecule is C=C=CN=CC=N. The van der Waals surface area contributed by atoms with Gasteiger partial charge in [-0.2, -0.15) is 0 Å². The van der Waals surface area contributed by atoms with Gasteiger partial charge in [-0.05, 0) is 0 Å². The predicted octanol–water partition coefficient (Wildman–Crippen LogP) is 1.01. The van der Waals surface area contributed by atoms with E-state index in [4.69, 9.17) is 5.41 Å². The van der Waals surface area contributed by atoms with Gasteiger partial charge in [-0.1, -0.05) is 6.58 Å². The summed E-state index contributed by atoms with van der Waals surface area (Å²) in [5.41, 5.74) is 2.43. The van der Waals surface area contributed by atoms with Crippen molar-refractivity contribution in [2.45, 2.75) is 0 Å². The van der Waals surface area contributed by atoms with E-state index in [-0.39, 0.29) is 0 Å². The fourth-order valence-electron chi connectivity index (χ4n) is 0.139. The number of hydrogen-bond donors (Lipinski definition) is 1. The Morgan fingerprint density at radius 2 is 2.43 bits per heavy atom. The molecule has 2 heteroatoms. The van der Waals surface area contributed by atoms with Crippen LogP contribution in [0.3, 0.4) is 0 Å². The van der Waals surface area contributed by atoms with Gasteiger partial charge >= 0.3 is 0 Å². The quantitative estimate of drug-likeness (QED) is 0.391. The Hall–Kier alpha value is -1.14. The van der Waals surface area contributed by atoms with Crippen LogP contribution < -0.4 is 0 Å². The second kappa shape index (κ2) is 4.86. The molecule has 0 aromatic rings. The Morgan fingerprint density at radius 3 is 2.86 bits per heavy atom. The molecule has 0 spiro atoms. The van der Waals surface area contributed by atoms with E-state index in [0.717, 1.165) is 6.21 Å². The molecule has 0 aliphatic rings. The summed E-state index contributed by atoms with van der Waals surface area (Å²) in [4.78, 5) is 3.54. The third kappa shape index (κ3) is 4.86. The van der Waals surface area contributed by atoms with Crippen molar-refractivity contribution in [2.24, 2.45) is 4.99 Å². The number of nitrogens with zero attached hydrogens (tertiary/aromatic N) is 1. The largest absolute Gasteiger partial charge is 0.307 e. The second-order valence-corrected chi connectivity index (χ2v) is 0.798. The Labute approximate surface area is 42.4 Å². The molecule has 0 radical (unpaired) electrons. The topological polar surface area (TPSA) is 36.2 Å².